The van der Waals surface area contributed by atoms with Crippen molar-refractivity contribution in [3.8, 4) is 5.69 Å². The van der Waals surface area contributed by atoms with Crippen LogP contribution in [0.3, 0.4) is 0 Å². The summed E-state index contributed by atoms with van der Waals surface area (Å²) in [5.41, 5.74) is 0.282. The third-order valence-corrected chi connectivity index (χ3v) is 2.81. The smallest absolute Gasteiger partial charge is 0.292 e. The molecule has 0 amide bonds. The highest BCUT2D eigenvalue weighted by atomic mass is 17.2. The SMILES string of the molecule is CCC(=O)c1cnn(-c2ccccc2C(=O)OOC(C)(C)C)n1. The molecule has 0 unspecified atom stereocenters. The van der Waals surface area contributed by atoms with Gasteiger partial charge in [-0.1, -0.05) is 19.1 Å². The lowest BCUT2D eigenvalue weighted by Crippen LogP contribution is -2.22. The Morgan fingerprint density at radius 2 is 1.91 bits per heavy atom. The molecule has 0 atom stereocenters. The standard InChI is InChI=1S/C16H19N3O4/c1-5-14(20)12-10-17-19(18-12)13-9-7-6-8-11(13)15(21)22-23-16(2,3)4/h6-10H,5H2,1-4H3. The minimum absolute atomic E-state index is 0.118. The number of ketones is 1. The first-order valence-corrected chi connectivity index (χ1v) is 7.27. The number of aromatic nitrogens is 3. The molecule has 7 nitrogen and oxygen atoms in total. The van der Waals surface area contributed by atoms with Crippen LogP contribution >= 0.6 is 0 Å². The second kappa shape index (κ2) is 6.70. The number of hydrogen-bond acceptors (Lipinski definition) is 6. The van der Waals surface area contributed by atoms with E-state index in [1.165, 1.54) is 11.0 Å². The fourth-order valence-corrected chi connectivity index (χ4v) is 1.72. The number of hydrogen-bond donors (Lipinski definition) is 0. The number of nitrogens with zero attached hydrogens (tertiary/aromatic N) is 3. The van der Waals surface area contributed by atoms with Gasteiger partial charge >= 0.3 is 5.97 Å². The molecule has 0 saturated carbocycles. The topological polar surface area (TPSA) is 83.3 Å². The van der Waals surface area contributed by atoms with Crippen LogP contribution in [0.2, 0.25) is 0 Å². The molecule has 2 rings (SSSR count). The molecule has 0 radical (unpaired) electrons. The normalized spacial score (nSPS) is 11.3. The maximum atomic E-state index is 12.2. The van der Waals surface area contributed by atoms with Gasteiger partial charge in [0.15, 0.2) is 5.78 Å². The number of benzene rings is 1. The number of rotatable bonds is 5. The zero-order valence-electron chi connectivity index (χ0n) is 13.6. The molecule has 0 N–H and O–H groups in total. The van der Waals surface area contributed by atoms with Gasteiger partial charge in [0.25, 0.3) is 0 Å². The van der Waals surface area contributed by atoms with E-state index in [0.29, 0.717) is 12.1 Å². The molecule has 0 aliphatic carbocycles. The minimum Gasteiger partial charge on any atom is -0.292 e. The maximum Gasteiger partial charge on any atom is 0.375 e. The molecule has 0 saturated heterocycles. The Labute approximate surface area is 134 Å². The van der Waals surface area contributed by atoms with Crippen molar-refractivity contribution in [1.29, 1.82) is 0 Å². The van der Waals surface area contributed by atoms with E-state index in [2.05, 4.69) is 10.2 Å². The summed E-state index contributed by atoms with van der Waals surface area (Å²) >= 11 is 0. The lowest BCUT2D eigenvalue weighted by atomic mass is 10.2. The molecule has 7 heteroatoms. The van der Waals surface area contributed by atoms with Gasteiger partial charge in [-0.15, -0.1) is 5.10 Å². The summed E-state index contributed by atoms with van der Waals surface area (Å²) in [7, 11) is 0. The van der Waals surface area contributed by atoms with Gasteiger partial charge in [0.05, 0.1) is 11.8 Å². The van der Waals surface area contributed by atoms with Crippen molar-refractivity contribution >= 4 is 11.8 Å². The first-order chi connectivity index (χ1) is 10.8. The Bertz CT molecular complexity index is 716. The first-order valence-electron chi connectivity index (χ1n) is 7.27. The average Bonchev–Trinajstić information content (AvgIpc) is 3.01. The molecule has 0 fully saturated rings. The van der Waals surface area contributed by atoms with Crippen molar-refractivity contribution in [2.75, 3.05) is 0 Å². The highest BCUT2D eigenvalue weighted by molar-refractivity contribution is 5.94. The van der Waals surface area contributed by atoms with Crippen molar-refractivity contribution in [3.63, 3.8) is 0 Å². The van der Waals surface area contributed by atoms with Gasteiger partial charge in [-0.25, -0.2) is 4.79 Å². The van der Waals surface area contributed by atoms with Crippen LogP contribution < -0.4 is 0 Å². The fourth-order valence-electron chi connectivity index (χ4n) is 1.72. The van der Waals surface area contributed by atoms with Gasteiger partial charge in [0, 0.05) is 6.42 Å². The second-order valence-electron chi connectivity index (χ2n) is 5.88. The quantitative estimate of drug-likeness (QED) is 0.479. The highest BCUT2D eigenvalue weighted by Crippen LogP contribution is 2.16. The molecular weight excluding hydrogens is 298 g/mol. The average molecular weight is 317 g/mol. The molecule has 1 aromatic carbocycles. The first kappa shape index (κ1) is 16.8. The Morgan fingerprint density at radius 1 is 1.22 bits per heavy atom. The van der Waals surface area contributed by atoms with Crippen LogP contribution in [0, 0.1) is 0 Å². The van der Waals surface area contributed by atoms with Crippen molar-refractivity contribution < 1.29 is 19.4 Å². The summed E-state index contributed by atoms with van der Waals surface area (Å²) in [6.45, 7) is 7.05. The second-order valence-corrected chi connectivity index (χ2v) is 5.88. The molecule has 0 aliphatic heterocycles. The van der Waals surface area contributed by atoms with Crippen molar-refractivity contribution in [2.45, 2.75) is 39.7 Å². The summed E-state index contributed by atoms with van der Waals surface area (Å²) in [5.74, 6) is -0.774. The van der Waals surface area contributed by atoms with Crippen LogP contribution in [-0.2, 0) is 9.78 Å². The Morgan fingerprint density at radius 3 is 2.57 bits per heavy atom. The van der Waals surface area contributed by atoms with E-state index in [4.69, 9.17) is 9.78 Å². The lowest BCUT2D eigenvalue weighted by molar-refractivity contribution is -0.301. The molecule has 1 aromatic heterocycles. The molecule has 23 heavy (non-hydrogen) atoms. The van der Waals surface area contributed by atoms with Gasteiger partial charge in [-0.2, -0.15) is 14.8 Å². The summed E-state index contributed by atoms with van der Waals surface area (Å²) in [5, 5.41) is 8.15. The van der Waals surface area contributed by atoms with Gasteiger partial charge in [-0.05, 0) is 32.9 Å². The summed E-state index contributed by atoms with van der Waals surface area (Å²) < 4.78 is 0. The van der Waals surface area contributed by atoms with Crippen LogP contribution in [0.5, 0.6) is 0 Å². The predicted molar refractivity (Wildman–Crippen MR) is 82.2 cm³/mol. The zero-order chi connectivity index (χ0) is 17.0. The van der Waals surface area contributed by atoms with Crippen LogP contribution in [0.25, 0.3) is 5.69 Å². The van der Waals surface area contributed by atoms with E-state index in [1.807, 2.05) is 0 Å². The van der Waals surface area contributed by atoms with Crippen LogP contribution in [0.4, 0.5) is 0 Å². The molecule has 122 valence electrons. The van der Waals surface area contributed by atoms with E-state index in [-0.39, 0.29) is 17.0 Å². The van der Waals surface area contributed by atoms with Gasteiger partial charge in [0.1, 0.15) is 17.0 Å². The van der Waals surface area contributed by atoms with E-state index in [1.54, 1.807) is 52.0 Å². The van der Waals surface area contributed by atoms with Crippen molar-refractivity contribution in [2.24, 2.45) is 0 Å². The van der Waals surface area contributed by atoms with E-state index in [9.17, 15) is 9.59 Å². The summed E-state index contributed by atoms with van der Waals surface area (Å²) in [4.78, 5) is 35.0. The molecule has 0 spiro atoms. The Balaban J connectivity index is 2.29. The fraction of sp³-hybridized carbons (Fsp3) is 0.375. The highest BCUT2D eigenvalue weighted by Gasteiger charge is 2.20. The van der Waals surface area contributed by atoms with Crippen LogP contribution in [0.1, 0.15) is 55.0 Å². The molecule has 0 aliphatic rings. The van der Waals surface area contributed by atoms with Gasteiger partial charge < -0.3 is 0 Å². The Hall–Kier alpha value is -2.54. The molecule has 1 heterocycles. The summed E-state index contributed by atoms with van der Waals surface area (Å²) in [6.07, 6.45) is 1.71. The molecular formula is C16H19N3O4. The van der Waals surface area contributed by atoms with E-state index in [0.717, 1.165) is 0 Å². The minimum atomic E-state index is -0.656. The van der Waals surface area contributed by atoms with Crippen LogP contribution in [-0.4, -0.2) is 32.3 Å². The van der Waals surface area contributed by atoms with E-state index >= 15 is 0 Å². The number of carbonyl (C=O) groups is 2. The predicted octanol–water partition coefficient (Wildman–Crippen LogP) is 2.75. The van der Waals surface area contributed by atoms with Crippen molar-refractivity contribution in [1.82, 2.24) is 15.0 Å². The largest absolute Gasteiger partial charge is 0.375 e. The molecule has 2 aromatic rings. The van der Waals surface area contributed by atoms with E-state index < -0.39 is 11.6 Å². The molecule has 0 bridgehead atoms. The third-order valence-electron chi connectivity index (χ3n) is 2.81. The number of para-hydroxylation sites is 1. The van der Waals surface area contributed by atoms with Crippen LogP contribution in [0.15, 0.2) is 30.5 Å². The zero-order valence-corrected chi connectivity index (χ0v) is 13.6. The Kier molecular flexibility index (Phi) is 4.90. The van der Waals surface area contributed by atoms with Gasteiger partial charge in [-0.3, -0.25) is 9.68 Å². The monoisotopic (exact) mass is 317 g/mol. The third kappa shape index (κ3) is 4.23. The maximum absolute atomic E-state index is 12.2. The van der Waals surface area contributed by atoms with Gasteiger partial charge in [0.2, 0.25) is 0 Å². The number of carbonyl (C=O) groups excluding carboxylic acids is 2. The lowest BCUT2D eigenvalue weighted by Gasteiger charge is -2.17. The summed E-state index contributed by atoms with van der Waals surface area (Å²) in [6, 6.07) is 6.67. The van der Waals surface area contributed by atoms with Crippen molar-refractivity contribution in [3.05, 3.63) is 41.7 Å². The number of Topliss-reactive ketones (excluding diaryl/α,β-unsaturated/α-hetero) is 1.